The Kier molecular flexibility index (Phi) is 11.5. The Morgan fingerprint density at radius 1 is 0.804 bits per heavy atom. The quantitative estimate of drug-likeness (QED) is 0.0719. The van der Waals surface area contributed by atoms with E-state index < -0.39 is 16.1 Å². The molecule has 0 bridgehead atoms. The lowest BCUT2D eigenvalue weighted by Gasteiger charge is -2.29. The van der Waals surface area contributed by atoms with Crippen LogP contribution < -0.4 is 4.90 Å². The minimum atomic E-state index is -1.22. The maximum Gasteiger partial charge on any atom is 0.165 e. The van der Waals surface area contributed by atoms with Crippen molar-refractivity contribution in [3.63, 3.8) is 0 Å². The number of anilines is 1. The maximum absolute atomic E-state index is 6.34. The van der Waals surface area contributed by atoms with Crippen LogP contribution in [0.5, 0.6) is 0 Å². The number of methoxy groups -OCH3 is 1. The first-order valence-electron chi connectivity index (χ1n) is 16.8. The van der Waals surface area contributed by atoms with Gasteiger partial charge in [0.15, 0.2) is 5.65 Å². The predicted molar refractivity (Wildman–Crippen MR) is 194 cm³/mol. The zero-order valence-corrected chi connectivity index (χ0v) is 31.0. The summed E-state index contributed by atoms with van der Waals surface area (Å²) in [5.74, 6) is 1.31. The normalized spacial score (nSPS) is 17.5. The second-order valence-corrected chi connectivity index (χ2v) is 26.3. The number of pyridine rings is 1. The molecular weight excluding hydrogens is 607 g/mol. The van der Waals surface area contributed by atoms with Crippen LogP contribution in [0.15, 0.2) is 60.9 Å². The van der Waals surface area contributed by atoms with Gasteiger partial charge in [-0.15, -0.1) is 0 Å². The summed E-state index contributed by atoms with van der Waals surface area (Å²) < 4.78 is 20.3. The lowest BCUT2D eigenvalue weighted by atomic mass is 9.85. The van der Waals surface area contributed by atoms with Gasteiger partial charge in [0.05, 0.1) is 18.0 Å². The van der Waals surface area contributed by atoms with Crippen molar-refractivity contribution < 1.29 is 14.2 Å². The monoisotopic (exact) mass is 659 g/mol. The molecule has 10 heteroatoms. The van der Waals surface area contributed by atoms with Crippen LogP contribution in [0.1, 0.15) is 37.3 Å². The molecule has 248 valence electrons. The molecule has 1 aliphatic rings. The molecule has 0 saturated heterocycles. The standard InChI is InChI=1S/C36H53N5O3Si2/c1-42-31-16-13-29(14-17-31)34-23-35(40(26-43-19-21-45(2,3)4)27-44-20-22-46(5,6)7)41-36(39-34)32(25-38-41)30-15-18-33(37-24-30)28-11-9-8-10-12-28/h8-12,15,18,23-25,29,31H,13-14,16-17,19-22,26-27H2,1-7H3/t29-,31+. The Balaban J connectivity index is 1.50. The number of ether oxygens (including phenoxy) is 3. The number of fused-ring (bicyclic) bond motifs is 1. The van der Waals surface area contributed by atoms with Crippen LogP contribution >= 0.6 is 0 Å². The Hall–Kier alpha value is -2.90. The third-order valence-electron chi connectivity index (χ3n) is 8.85. The lowest BCUT2D eigenvalue weighted by molar-refractivity contribution is 0.0655. The van der Waals surface area contributed by atoms with Crippen LogP contribution in [-0.4, -0.2) is 75.6 Å². The molecule has 0 aliphatic heterocycles. The maximum atomic E-state index is 6.34. The highest BCUT2D eigenvalue weighted by atomic mass is 28.3. The van der Waals surface area contributed by atoms with Crippen molar-refractivity contribution in [2.24, 2.45) is 0 Å². The fourth-order valence-electron chi connectivity index (χ4n) is 5.81. The summed E-state index contributed by atoms with van der Waals surface area (Å²) in [6.07, 6.45) is 8.39. The van der Waals surface area contributed by atoms with Gasteiger partial charge in [0.2, 0.25) is 0 Å². The van der Waals surface area contributed by atoms with Crippen LogP contribution in [0.3, 0.4) is 0 Å². The van der Waals surface area contributed by atoms with Gasteiger partial charge >= 0.3 is 0 Å². The van der Waals surface area contributed by atoms with Crippen molar-refractivity contribution in [2.45, 2.75) is 89.1 Å². The molecule has 1 aliphatic carbocycles. The highest BCUT2D eigenvalue weighted by Crippen LogP contribution is 2.36. The Bertz CT molecular complexity index is 1500. The molecule has 4 aromatic rings. The molecule has 1 aromatic carbocycles. The van der Waals surface area contributed by atoms with Crippen LogP contribution in [-0.2, 0) is 14.2 Å². The Labute approximate surface area is 277 Å². The first kappa shape index (κ1) is 34.4. The van der Waals surface area contributed by atoms with E-state index >= 15 is 0 Å². The SMILES string of the molecule is CO[C@H]1CC[C@@H](c2cc(N(COCC[Si](C)(C)C)COCC[Si](C)(C)C)n3ncc(-c4ccc(-c5ccccc5)nc4)c3n2)CC1. The van der Waals surface area contributed by atoms with E-state index in [4.69, 9.17) is 29.3 Å². The molecule has 0 amide bonds. The van der Waals surface area contributed by atoms with E-state index in [1.54, 1.807) is 0 Å². The average Bonchev–Trinajstić information content (AvgIpc) is 3.47. The summed E-state index contributed by atoms with van der Waals surface area (Å²) in [6.45, 7) is 16.7. The molecule has 46 heavy (non-hydrogen) atoms. The third-order valence-corrected chi connectivity index (χ3v) is 12.3. The fraction of sp³-hybridized carbons (Fsp3) is 0.528. The summed E-state index contributed by atoms with van der Waals surface area (Å²) in [7, 11) is -0.613. The van der Waals surface area contributed by atoms with Crippen LogP contribution in [0.25, 0.3) is 28.0 Å². The first-order valence-corrected chi connectivity index (χ1v) is 24.3. The van der Waals surface area contributed by atoms with E-state index in [1.165, 1.54) is 0 Å². The molecule has 5 rings (SSSR count). The van der Waals surface area contributed by atoms with Crippen molar-refractivity contribution in [2.75, 3.05) is 38.7 Å². The molecule has 8 nitrogen and oxygen atoms in total. The lowest BCUT2D eigenvalue weighted by Crippen LogP contribution is -2.33. The molecule has 0 unspecified atom stereocenters. The molecule has 0 N–H and O–H groups in total. The minimum absolute atomic E-state index is 0.329. The van der Waals surface area contributed by atoms with Crippen molar-refractivity contribution in [3.8, 4) is 22.4 Å². The second-order valence-electron chi connectivity index (χ2n) is 15.1. The van der Waals surface area contributed by atoms with Gasteiger partial charge in [-0.1, -0.05) is 75.7 Å². The van der Waals surface area contributed by atoms with E-state index in [-0.39, 0.29) is 0 Å². The molecule has 0 radical (unpaired) electrons. The van der Waals surface area contributed by atoms with Gasteiger partial charge in [0.1, 0.15) is 19.3 Å². The number of hydrogen-bond acceptors (Lipinski definition) is 7. The number of benzene rings is 1. The van der Waals surface area contributed by atoms with Crippen molar-refractivity contribution in [3.05, 3.63) is 66.6 Å². The third kappa shape index (κ3) is 9.35. The van der Waals surface area contributed by atoms with Gasteiger partial charge in [0, 0.05) is 77.0 Å². The smallest absolute Gasteiger partial charge is 0.165 e. The molecule has 1 fully saturated rings. The van der Waals surface area contributed by atoms with E-state index in [2.05, 4.69) is 74.5 Å². The first-order chi connectivity index (χ1) is 22.0. The number of aromatic nitrogens is 4. The van der Waals surface area contributed by atoms with Crippen molar-refractivity contribution in [1.29, 1.82) is 0 Å². The molecular formula is C36H53N5O3Si2. The number of rotatable bonds is 15. The van der Waals surface area contributed by atoms with Gasteiger partial charge in [-0.2, -0.15) is 9.61 Å². The van der Waals surface area contributed by atoms with E-state index in [0.717, 1.165) is 90.5 Å². The van der Waals surface area contributed by atoms with Crippen molar-refractivity contribution in [1.82, 2.24) is 19.6 Å². The predicted octanol–water partition coefficient (Wildman–Crippen LogP) is 8.56. The number of nitrogens with zero attached hydrogens (tertiary/aromatic N) is 5. The van der Waals surface area contributed by atoms with E-state index in [9.17, 15) is 0 Å². The van der Waals surface area contributed by atoms with Crippen LogP contribution in [0.4, 0.5) is 5.82 Å². The van der Waals surface area contributed by atoms with Gasteiger partial charge < -0.3 is 19.1 Å². The summed E-state index contributed by atoms with van der Waals surface area (Å²) in [4.78, 5) is 12.3. The number of hydrogen-bond donors (Lipinski definition) is 0. The van der Waals surface area contributed by atoms with Gasteiger partial charge in [-0.05, 0) is 43.8 Å². The largest absolute Gasteiger partial charge is 0.381 e. The Morgan fingerprint density at radius 3 is 2.02 bits per heavy atom. The molecule has 0 atom stereocenters. The van der Waals surface area contributed by atoms with Crippen molar-refractivity contribution >= 4 is 27.6 Å². The topological polar surface area (TPSA) is 74.0 Å². The molecule has 1 saturated carbocycles. The van der Waals surface area contributed by atoms with Gasteiger partial charge in [0.25, 0.3) is 0 Å². The highest BCUT2D eigenvalue weighted by molar-refractivity contribution is 6.76. The van der Waals surface area contributed by atoms with E-state index in [1.807, 2.05) is 42.2 Å². The van der Waals surface area contributed by atoms with Gasteiger partial charge in [-0.25, -0.2) is 4.98 Å². The molecule has 3 heterocycles. The van der Waals surface area contributed by atoms with Gasteiger partial charge in [-0.3, -0.25) is 4.98 Å². The van der Waals surface area contributed by atoms with Crippen LogP contribution in [0.2, 0.25) is 51.4 Å². The molecule has 0 spiro atoms. The summed E-state index contributed by atoms with van der Waals surface area (Å²) in [5.41, 5.74) is 5.95. The fourth-order valence-corrected chi connectivity index (χ4v) is 7.32. The minimum Gasteiger partial charge on any atom is -0.381 e. The highest BCUT2D eigenvalue weighted by Gasteiger charge is 2.27. The zero-order valence-electron chi connectivity index (χ0n) is 29.0. The zero-order chi connectivity index (χ0) is 32.7. The molecule has 3 aromatic heterocycles. The van der Waals surface area contributed by atoms with E-state index in [0.29, 0.717) is 25.5 Å². The average molecular weight is 660 g/mol. The summed E-state index contributed by atoms with van der Waals surface area (Å²) in [6, 6.07) is 18.9. The summed E-state index contributed by atoms with van der Waals surface area (Å²) in [5, 5.41) is 4.91. The summed E-state index contributed by atoms with van der Waals surface area (Å²) >= 11 is 0. The Morgan fingerprint density at radius 2 is 1.46 bits per heavy atom. The van der Waals surface area contributed by atoms with Crippen LogP contribution in [0, 0.1) is 0 Å². The second kappa shape index (κ2) is 15.3.